The first-order chi connectivity index (χ1) is 9.49. The van der Waals surface area contributed by atoms with E-state index in [0.29, 0.717) is 4.88 Å². The van der Waals surface area contributed by atoms with E-state index in [0.717, 1.165) is 25.9 Å². The third-order valence-corrected chi connectivity index (χ3v) is 5.90. The molecule has 1 saturated heterocycles. The summed E-state index contributed by atoms with van der Waals surface area (Å²) in [7, 11) is -0.257. The van der Waals surface area contributed by atoms with Gasteiger partial charge in [0.05, 0.1) is 9.77 Å². The summed E-state index contributed by atoms with van der Waals surface area (Å²) in [5, 5.41) is 4.59. The molecule has 1 atom stereocenters. The number of hydrogen-bond acceptors (Lipinski definition) is 5. The van der Waals surface area contributed by atoms with Crippen LogP contribution < -0.4 is 10.0 Å². The quantitative estimate of drug-likeness (QED) is 0.828. The van der Waals surface area contributed by atoms with Crippen molar-refractivity contribution in [2.75, 3.05) is 27.2 Å². The van der Waals surface area contributed by atoms with Gasteiger partial charge in [0, 0.05) is 24.5 Å². The molecule has 1 fully saturated rings. The van der Waals surface area contributed by atoms with Crippen LogP contribution in [0.1, 0.15) is 22.5 Å². The lowest BCUT2D eigenvalue weighted by Gasteiger charge is -2.23. The van der Waals surface area contributed by atoms with Crippen molar-refractivity contribution >= 4 is 27.3 Å². The highest BCUT2D eigenvalue weighted by atomic mass is 32.2. The molecule has 0 aliphatic carbocycles. The van der Waals surface area contributed by atoms with E-state index < -0.39 is 10.0 Å². The highest BCUT2D eigenvalue weighted by Crippen LogP contribution is 2.25. The summed E-state index contributed by atoms with van der Waals surface area (Å²) in [5.74, 6) is -0.0784. The third kappa shape index (κ3) is 3.03. The molecule has 0 radical (unpaired) electrons. The number of amides is 1. The number of nitrogens with one attached hydrogen (secondary N) is 2. The van der Waals surface area contributed by atoms with E-state index in [1.807, 2.05) is 11.9 Å². The lowest BCUT2D eigenvalue weighted by Crippen LogP contribution is -2.40. The molecule has 2 rings (SSSR count). The maximum atomic E-state index is 12.5. The fourth-order valence-electron chi connectivity index (χ4n) is 2.38. The van der Waals surface area contributed by atoms with Crippen LogP contribution >= 0.6 is 11.3 Å². The molecule has 1 aromatic heterocycles. The molecule has 2 heterocycles. The summed E-state index contributed by atoms with van der Waals surface area (Å²) < 4.78 is 25.6. The smallest absolute Gasteiger partial charge is 0.264 e. The largest absolute Gasteiger partial charge is 0.334 e. The second-order valence-corrected chi connectivity index (χ2v) is 7.50. The number of rotatable bonds is 5. The van der Waals surface area contributed by atoms with Crippen molar-refractivity contribution in [2.24, 2.45) is 0 Å². The molecule has 2 N–H and O–H groups in total. The van der Waals surface area contributed by atoms with Crippen molar-refractivity contribution in [3.63, 3.8) is 0 Å². The highest BCUT2D eigenvalue weighted by Gasteiger charge is 2.30. The molecule has 1 aromatic rings. The lowest BCUT2D eigenvalue weighted by molar-refractivity contribution is 0.0742. The average molecular weight is 317 g/mol. The van der Waals surface area contributed by atoms with Crippen LogP contribution in [0, 0.1) is 0 Å². The number of carbonyl (C=O) groups is 1. The monoisotopic (exact) mass is 317 g/mol. The van der Waals surface area contributed by atoms with Gasteiger partial charge < -0.3 is 10.2 Å². The summed E-state index contributed by atoms with van der Waals surface area (Å²) in [6.07, 6.45) is 1.98. The topological polar surface area (TPSA) is 78.5 Å². The summed E-state index contributed by atoms with van der Waals surface area (Å²) in [6.45, 7) is 1.50. The predicted octanol–water partition coefficient (Wildman–Crippen LogP) is 0.480. The maximum absolute atomic E-state index is 12.5. The van der Waals surface area contributed by atoms with E-state index in [2.05, 4.69) is 10.0 Å². The van der Waals surface area contributed by atoms with Crippen LogP contribution in [0.5, 0.6) is 0 Å². The van der Waals surface area contributed by atoms with E-state index in [9.17, 15) is 13.2 Å². The van der Waals surface area contributed by atoms with Crippen molar-refractivity contribution in [3.8, 4) is 0 Å². The van der Waals surface area contributed by atoms with Crippen LogP contribution in [-0.4, -0.2) is 52.5 Å². The van der Waals surface area contributed by atoms with E-state index in [4.69, 9.17) is 0 Å². The SMILES string of the molecule is CNC[C@H]1CCCN1C(=O)c1cc(S(=O)(=O)NC)cs1. The number of thiophene rings is 1. The standard InChI is InChI=1S/C12H19N3O3S2/c1-13-7-9-4-3-5-15(9)12(16)11-6-10(8-19-11)20(17,18)14-2/h6,8-9,13-14H,3-5,7H2,1-2H3/t9-/m1/s1. The Labute approximate surface area is 123 Å². The van der Waals surface area contributed by atoms with Crippen LogP contribution in [0.4, 0.5) is 0 Å². The Hall–Kier alpha value is -0.960. The average Bonchev–Trinajstić information content (AvgIpc) is 3.07. The van der Waals surface area contributed by atoms with Gasteiger partial charge in [-0.3, -0.25) is 4.79 Å². The molecule has 0 aromatic carbocycles. The van der Waals surface area contributed by atoms with Gasteiger partial charge >= 0.3 is 0 Å². The molecule has 1 aliphatic rings. The second kappa shape index (κ2) is 6.21. The molecule has 6 nitrogen and oxygen atoms in total. The van der Waals surface area contributed by atoms with Gasteiger partial charge in [0.2, 0.25) is 10.0 Å². The third-order valence-electron chi connectivity index (χ3n) is 3.44. The minimum atomic E-state index is -3.48. The van der Waals surface area contributed by atoms with Crippen LogP contribution in [0.2, 0.25) is 0 Å². The molecule has 0 saturated carbocycles. The van der Waals surface area contributed by atoms with Gasteiger partial charge in [-0.15, -0.1) is 11.3 Å². The molecule has 20 heavy (non-hydrogen) atoms. The molecular weight excluding hydrogens is 298 g/mol. The van der Waals surface area contributed by atoms with Gasteiger partial charge in [-0.25, -0.2) is 13.1 Å². The van der Waals surface area contributed by atoms with Crippen molar-refractivity contribution in [1.29, 1.82) is 0 Å². The zero-order valence-electron chi connectivity index (χ0n) is 11.5. The molecule has 8 heteroatoms. The Balaban J connectivity index is 2.18. The fraction of sp³-hybridized carbons (Fsp3) is 0.583. The Morgan fingerprint density at radius 2 is 2.25 bits per heavy atom. The number of likely N-dealkylation sites (tertiary alicyclic amines) is 1. The van der Waals surface area contributed by atoms with Crippen LogP contribution in [0.15, 0.2) is 16.3 Å². The molecule has 1 amide bonds. The van der Waals surface area contributed by atoms with Gasteiger partial charge in [0.15, 0.2) is 0 Å². The molecule has 0 spiro atoms. The van der Waals surface area contributed by atoms with E-state index in [1.54, 1.807) is 0 Å². The first-order valence-corrected chi connectivity index (χ1v) is 8.83. The van der Waals surface area contributed by atoms with Gasteiger partial charge in [0.25, 0.3) is 5.91 Å². The Morgan fingerprint density at radius 3 is 2.90 bits per heavy atom. The number of hydrogen-bond donors (Lipinski definition) is 2. The number of nitrogens with zero attached hydrogens (tertiary/aromatic N) is 1. The minimum Gasteiger partial charge on any atom is -0.334 e. The maximum Gasteiger partial charge on any atom is 0.264 e. The molecular formula is C12H19N3O3S2. The molecule has 0 bridgehead atoms. The molecule has 0 unspecified atom stereocenters. The highest BCUT2D eigenvalue weighted by molar-refractivity contribution is 7.89. The van der Waals surface area contributed by atoms with Crippen molar-refractivity contribution < 1.29 is 13.2 Å². The summed E-state index contributed by atoms with van der Waals surface area (Å²) in [5.41, 5.74) is 0. The van der Waals surface area contributed by atoms with Crippen LogP contribution in [-0.2, 0) is 10.0 Å². The molecule has 112 valence electrons. The summed E-state index contributed by atoms with van der Waals surface area (Å²) in [6, 6.07) is 1.65. The number of likely N-dealkylation sites (N-methyl/N-ethyl adjacent to an activating group) is 1. The fourth-order valence-corrected chi connectivity index (χ4v) is 4.34. The summed E-state index contributed by atoms with van der Waals surface area (Å²) in [4.78, 5) is 14.9. The van der Waals surface area contributed by atoms with Gasteiger partial charge in [-0.2, -0.15) is 0 Å². The minimum absolute atomic E-state index is 0.0784. The van der Waals surface area contributed by atoms with Crippen molar-refractivity contribution in [3.05, 3.63) is 16.3 Å². The van der Waals surface area contributed by atoms with E-state index >= 15 is 0 Å². The van der Waals surface area contributed by atoms with E-state index in [1.165, 1.54) is 29.8 Å². The van der Waals surface area contributed by atoms with Gasteiger partial charge in [0.1, 0.15) is 0 Å². The number of sulfonamides is 1. The normalized spacial score (nSPS) is 19.5. The predicted molar refractivity (Wildman–Crippen MR) is 78.5 cm³/mol. The first kappa shape index (κ1) is 15.4. The second-order valence-electron chi connectivity index (χ2n) is 4.71. The zero-order valence-corrected chi connectivity index (χ0v) is 13.2. The van der Waals surface area contributed by atoms with Crippen LogP contribution in [0.3, 0.4) is 0 Å². The van der Waals surface area contributed by atoms with Crippen molar-refractivity contribution in [1.82, 2.24) is 14.9 Å². The Bertz CT molecular complexity index is 583. The van der Waals surface area contributed by atoms with Crippen LogP contribution in [0.25, 0.3) is 0 Å². The summed E-state index contributed by atoms with van der Waals surface area (Å²) >= 11 is 1.18. The Kier molecular flexibility index (Phi) is 4.79. The van der Waals surface area contributed by atoms with E-state index in [-0.39, 0.29) is 16.8 Å². The van der Waals surface area contributed by atoms with Gasteiger partial charge in [-0.05, 0) is 33.0 Å². The lowest BCUT2D eigenvalue weighted by atomic mass is 10.2. The van der Waals surface area contributed by atoms with Crippen molar-refractivity contribution in [2.45, 2.75) is 23.8 Å². The zero-order chi connectivity index (χ0) is 14.8. The number of carbonyl (C=O) groups excluding carboxylic acids is 1. The first-order valence-electron chi connectivity index (χ1n) is 6.47. The van der Waals surface area contributed by atoms with Gasteiger partial charge in [-0.1, -0.05) is 0 Å². The Morgan fingerprint density at radius 1 is 1.50 bits per heavy atom. The molecule has 1 aliphatic heterocycles.